The van der Waals surface area contributed by atoms with Gasteiger partial charge in [-0.25, -0.2) is 0 Å². The lowest BCUT2D eigenvalue weighted by Gasteiger charge is -2.11. The van der Waals surface area contributed by atoms with Gasteiger partial charge in [-0.2, -0.15) is 8.42 Å². The van der Waals surface area contributed by atoms with E-state index >= 15 is 0 Å². The third-order valence-corrected chi connectivity index (χ3v) is 4.52. The van der Waals surface area contributed by atoms with Crippen LogP contribution in [-0.4, -0.2) is 14.5 Å². The average Bonchev–Trinajstić information content (AvgIpc) is 2.81. The lowest BCUT2D eigenvalue weighted by Crippen LogP contribution is -2.15. The predicted molar refractivity (Wildman–Crippen MR) is 66.3 cm³/mol. The van der Waals surface area contributed by atoms with Crippen molar-refractivity contribution >= 4 is 10.1 Å². The second kappa shape index (κ2) is 5.19. The standard InChI is InChI=1S/C13H18O3S/c1-2-11-6-5-9-13(10-11)17(14,15)16-12-7-3-4-8-12/h5-6,9-10,12H,2-4,7-8H2,1H3. The molecule has 0 atom stereocenters. The molecule has 1 fully saturated rings. The zero-order valence-electron chi connectivity index (χ0n) is 10.1. The summed E-state index contributed by atoms with van der Waals surface area (Å²) >= 11 is 0. The fourth-order valence-corrected chi connectivity index (χ4v) is 3.34. The molecule has 4 heteroatoms. The number of aryl methyl sites for hydroxylation is 1. The maximum Gasteiger partial charge on any atom is 0.297 e. The van der Waals surface area contributed by atoms with Crippen LogP contribution in [0.25, 0.3) is 0 Å². The van der Waals surface area contributed by atoms with Gasteiger partial charge in [0, 0.05) is 0 Å². The van der Waals surface area contributed by atoms with Gasteiger partial charge in [-0.3, -0.25) is 4.18 Å². The van der Waals surface area contributed by atoms with Crippen molar-refractivity contribution in [2.75, 3.05) is 0 Å². The first-order valence-corrected chi connectivity index (χ1v) is 7.55. The summed E-state index contributed by atoms with van der Waals surface area (Å²) in [6, 6.07) is 6.99. The van der Waals surface area contributed by atoms with Gasteiger partial charge in [-0.05, 0) is 37.0 Å². The Morgan fingerprint density at radius 3 is 2.65 bits per heavy atom. The van der Waals surface area contributed by atoms with E-state index in [4.69, 9.17) is 4.18 Å². The van der Waals surface area contributed by atoms with Gasteiger partial charge in [-0.1, -0.05) is 31.9 Å². The Hall–Kier alpha value is -0.870. The van der Waals surface area contributed by atoms with Crippen molar-refractivity contribution in [2.45, 2.75) is 50.0 Å². The Labute approximate surface area is 103 Å². The van der Waals surface area contributed by atoms with Crippen molar-refractivity contribution in [1.82, 2.24) is 0 Å². The van der Waals surface area contributed by atoms with E-state index in [-0.39, 0.29) is 11.0 Å². The fraction of sp³-hybridized carbons (Fsp3) is 0.538. The molecule has 1 aliphatic carbocycles. The van der Waals surface area contributed by atoms with Crippen LogP contribution >= 0.6 is 0 Å². The molecule has 0 amide bonds. The molecular formula is C13H18O3S. The van der Waals surface area contributed by atoms with Gasteiger partial charge in [0.15, 0.2) is 0 Å². The van der Waals surface area contributed by atoms with Crippen LogP contribution in [0, 0.1) is 0 Å². The van der Waals surface area contributed by atoms with Crippen molar-refractivity contribution in [1.29, 1.82) is 0 Å². The monoisotopic (exact) mass is 254 g/mol. The van der Waals surface area contributed by atoms with Crippen molar-refractivity contribution in [3.63, 3.8) is 0 Å². The van der Waals surface area contributed by atoms with Gasteiger partial charge in [0.05, 0.1) is 11.0 Å². The van der Waals surface area contributed by atoms with E-state index in [1.165, 1.54) is 0 Å². The molecule has 0 aliphatic heterocycles. The number of benzene rings is 1. The molecule has 0 heterocycles. The van der Waals surface area contributed by atoms with Crippen LogP contribution in [0.5, 0.6) is 0 Å². The van der Waals surface area contributed by atoms with Crippen LogP contribution in [0.4, 0.5) is 0 Å². The van der Waals surface area contributed by atoms with Crippen LogP contribution in [0.2, 0.25) is 0 Å². The molecule has 0 radical (unpaired) electrons. The summed E-state index contributed by atoms with van der Waals surface area (Å²) in [5, 5.41) is 0. The van der Waals surface area contributed by atoms with Crippen molar-refractivity contribution in [2.24, 2.45) is 0 Å². The Bertz CT molecular complexity index is 473. The molecule has 3 nitrogen and oxygen atoms in total. The largest absolute Gasteiger partial charge is 0.297 e. The van der Waals surface area contributed by atoms with Crippen LogP contribution in [0.15, 0.2) is 29.2 Å². The molecule has 2 rings (SSSR count). The molecular weight excluding hydrogens is 236 g/mol. The maximum absolute atomic E-state index is 12.0. The van der Waals surface area contributed by atoms with Crippen molar-refractivity contribution in [3.05, 3.63) is 29.8 Å². The highest BCUT2D eigenvalue weighted by molar-refractivity contribution is 7.86. The lowest BCUT2D eigenvalue weighted by molar-refractivity contribution is 0.217. The normalized spacial score (nSPS) is 17.5. The quantitative estimate of drug-likeness (QED) is 0.776. The van der Waals surface area contributed by atoms with E-state index in [9.17, 15) is 8.42 Å². The summed E-state index contributed by atoms with van der Waals surface area (Å²) < 4.78 is 29.3. The molecule has 0 bridgehead atoms. The Morgan fingerprint density at radius 2 is 2.00 bits per heavy atom. The summed E-state index contributed by atoms with van der Waals surface area (Å²) in [5.41, 5.74) is 1.01. The fourth-order valence-electron chi connectivity index (χ4n) is 2.14. The van der Waals surface area contributed by atoms with Crippen LogP contribution in [0.1, 0.15) is 38.2 Å². The SMILES string of the molecule is CCc1cccc(S(=O)(=O)OC2CCCC2)c1. The summed E-state index contributed by atoms with van der Waals surface area (Å²) in [4.78, 5) is 0.281. The van der Waals surface area contributed by atoms with E-state index in [0.717, 1.165) is 37.7 Å². The summed E-state index contributed by atoms with van der Waals surface area (Å²) in [5.74, 6) is 0. The summed E-state index contributed by atoms with van der Waals surface area (Å²) in [7, 11) is -3.58. The molecule has 1 aromatic rings. The first-order valence-electron chi connectivity index (χ1n) is 6.14. The molecule has 94 valence electrons. The van der Waals surface area contributed by atoms with Crippen LogP contribution in [0.3, 0.4) is 0 Å². The molecule has 0 N–H and O–H groups in total. The third-order valence-electron chi connectivity index (χ3n) is 3.16. The molecule has 1 saturated carbocycles. The van der Waals surface area contributed by atoms with E-state index in [1.807, 2.05) is 13.0 Å². The third kappa shape index (κ3) is 3.07. The minimum absolute atomic E-state index is 0.120. The van der Waals surface area contributed by atoms with E-state index in [1.54, 1.807) is 18.2 Å². The summed E-state index contributed by atoms with van der Waals surface area (Å²) in [6.07, 6.45) is 4.54. The smallest absolute Gasteiger partial charge is 0.263 e. The number of hydrogen-bond acceptors (Lipinski definition) is 3. The maximum atomic E-state index is 12.0. The first kappa shape index (κ1) is 12.6. The van der Waals surface area contributed by atoms with Gasteiger partial charge in [0.1, 0.15) is 0 Å². The Balaban J connectivity index is 2.18. The highest BCUT2D eigenvalue weighted by atomic mass is 32.2. The molecule has 0 aromatic heterocycles. The van der Waals surface area contributed by atoms with Crippen molar-refractivity contribution < 1.29 is 12.6 Å². The van der Waals surface area contributed by atoms with Gasteiger partial charge < -0.3 is 0 Å². The zero-order valence-corrected chi connectivity index (χ0v) is 10.9. The Morgan fingerprint density at radius 1 is 1.29 bits per heavy atom. The zero-order chi connectivity index (χ0) is 12.3. The van der Waals surface area contributed by atoms with Gasteiger partial charge >= 0.3 is 0 Å². The van der Waals surface area contributed by atoms with Crippen LogP contribution in [-0.2, 0) is 20.7 Å². The lowest BCUT2D eigenvalue weighted by atomic mass is 10.2. The number of hydrogen-bond donors (Lipinski definition) is 0. The van der Waals surface area contributed by atoms with Gasteiger partial charge in [-0.15, -0.1) is 0 Å². The predicted octanol–water partition coefficient (Wildman–Crippen LogP) is 2.90. The Kier molecular flexibility index (Phi) is 3.84. The minimum Gasteiger partial charge on any atom is -0.263 e. The topological polar surface area (TPSA) is 43.4 Å². The minimum atomic E-state index is -3.58. The van der Waals surface area contributed by atoms with E-state index in [0.29, 0.717) is 0 Å². The van der Waals surface area contributed by atoms with Crippen LogP contribution < -0.4 is 0 Å². The molecule has 0 spiro atoms. The molecule has 0 saturated heterocycles. The average molecular weight is 254 g/mol. The highest BCUT2D eigenvalue weighted by Gasteiger charge is 2.24. The first-order chi connectivity index (χ1) is 8.12. The van der Waals surface area contributed by atoms with E-state index in [2.05, 4.69) is 0 Å². The second-order valence-electron chi connectivity index (χ2n) is 4.46. The van der Waals surface area contributed by atoms with Crippen molar-refractivity contribution in [3.8, 4) is 0 Å². The molecule has 17 heavy (non-hydrogen) atoms. The highest BCUT2D eigenvalue weighted by Crippen LogP contribution is 2.25. The van der Waals surface area contributed by atoms with E-state index < -0.39 is 10.1 Å². The molecule has 0 unspecified atom stereocenters. The second-order valence-corrected chi connectivity index (χ2v) is 6.03. The molecule has 1 aliphatic rings. The van der Waals surface area contributed by atoms with Gasteiger partial charge in [0.25, 0.3) is 10.1 Å². The summed E-state index contributed by atoms with van der Waals surface area (Å²) in [6.45, 7) is 2.00. The molecule has 1 aromatic carbocycles. The number of rotatable bonds is 4. The van der Waals surface area contributed by atoms with Gasteiger partial charge in [0.2, 0.25) is 0 Å².